The summed E-state index contributed by atoms with van der Waals surface area (Å²) in [6.45, 7) is 1.83. The first-order valence-corrected chi connectivity index (χ1v) is 12.2. The monoisotopic (exact) mass is 444 g/mol. The highest BCUT2D eigenvalue weighted by atomic mass is 35.5. The number of aryl methyl sites for hydroxylation is 1. The Balaban J connectivity index is 1.61. The summed E-state index contributed by atoms with van der Waals surface area (Å²) < 4.78 is 25.7. The fourth-order valence-corrected chi connectivity index (χ4v) is 5.97. The first-order valence-electron chi connectivity index (χ1n) is 9.98. The summed E-state index contributed by atoms with van der Waals surface area (Å²) >= 11 is 6.04. The molecule has 1 aromatic carbocycles. The minimum atomic E-state index is -3.07. The number of pyridine rings is 1. The standard InChI is InChI=1S/C21H21ClN4O3S/c1-12-19-17(21(27)23-15-4-2-3-14(22)9-15)10-18(13-5-6-13)24-20(19)26(25-12)16-7-8-30(28,29)11-16/h2-4,9-10,13,16H,5-8,11H2,1H3,(H,23,27)/t16-/m0/s1. The van der Waals surface area contributed by atoms with Crippen LogP contribution in [0.5, 0.6) is 0 Å². The number of sulfone groups is 1. The van der Waals surface area contributed by atoms with Gasteiger partial charge in [0.05, 0.1) is 34.2 Å². The molecule has 1 N–H and O–H groups in total. The van der Waals surface area contributed by atoms with Crippen LogP contribution >= 0.6 is 11.6 Å². The van der Waals surface area contributed by atoms with Crippen molar-refractivity contribution in [3.05, 3.63) is 52.3 Å². The van der Waals surface area contributed by atoms with Crippen LogP contribution in [0, 0.1) is 6.92 Å². The van der Waals surface area contributed by atoms with Crippen LogP contribution in [0.15, 0.2) is 30.3 Å². The van der Waals surface area contributed by atoms with Crippen LogP contribution < -0.4 is 5.32 Å². The summed E-state index contributed by atoms with van der Waals surface area (Å²) in [6.07, 6.45) is 2.59. The van der Waals surface area contributed by atoms with Gasteiger partial charge in [0.1, 0.15) is 0 Å². The van der Waals surface area contributed by atoms with Gasteiger partial charge in [0.2, 0.25) is 0 Å². The molecular weight excluding hydrogens is 424 g/mol. The number of hydrogen-bond acceptors (Lipinski definition) is 5. The second-order valence-corrected chi connectivity index (χ2v) is 10.8. The highest BCUT2D eigenvalue weighted by molar-refractivity contribution is 7.91. The van der Waals surface area contributed by atoms with Crippen LogP contribution in [-0.2, 0) is 9.84 Å². The quantitative estimate of drug-likeness (QED) is 0.658. The molecule has 30 heavy (non-hydrogen) atoms. The summed E-state index contributed by atoms with van der Waals surface area (Å²) in [6, 6.07) is 8.60. The number of nitrogens with zero attached hydrogens (tertiary/aromatic N) is 3. The molecule has 0 radical (unpaired) electrons. The molecule has 0 bridgehead atoms. The molecule has 5 rings (SSSR count). The number of fused-ring (bicyclic) bond motifs is 1. The predicted octanol–water partition coefficient (Wildman–Crippen LogP) is 3.88. The number of aromatic nitrogens is 3. The van der Waals surface area contributed by atoms with E-state index in [1.54, 1.807) is 28.9 Å². The van der Waals surface area contributed by atoms with Gasteiger partial charge in [-0.05, 0) is 50.5 Å². The zero-order valence-electron chi connectivity index (χ0n) is 16.4. The zero-order chi connectivity index (χ0) is 21.0. The van der Waals surface area contributed by atoms with Gasteiger partial charge in [-0.25, -0.2) is 18.1 Å². The van der Waals surface area contributed by atoms with Crippen molar-refractivity contribution in [2.45, 2.75) is 38.1 Å². The van der Waals surface area contributed by atoms with Gasteiger partial charge >= 0.3 is 0 Å². The molecule has 2 aliphatic rings. The molecular formula is C21H21ClN4O3S. The lowest BCUT2D eigenvalue weighted by Gasteiger charge is -2.12. The lowest BCUT2D eigenvalue weighted by molar-refractivity contribution is 0.102. The average molecular weight is 445 g/mol. The van der Waals surface area contributed by atoms with Crippen molar-refractivity contribution in [1.29, 1.82) is 0 Å². The number of amides is 1. The zero-order valence-corrected chi connectivity index (χ0v) is 18.0. The van der Waals surface area contributed by atoms with Gasteiger partial charge in [-0.2, -0.15) is 5.10 Å². The molecule has 3 heterocycles. The molecule has 9 heteroatoms. The van der Waals surface area contributed by atoms with Gasteiger partial charge < -0.3 is 5.32 Å². The summed E-state index contributed by atoms with van der Waals surface area (Å²) in [5.74, 6) is 0.293. The average Bonchev–Trinajstić information content (AvgIpc) is 3.41. The van der Waals surface area contributed by atoms with E-state index in [1.165, 1.54) is 0 Å². The Morgan fingerprint density at radius 2 is 2.03 bits per heavy atom. The molecule has 7 nitrogen and oxygen atoms in total. The maximum absolute atomic E-state index is 13.2. The Morgan fingerprint density at radius 3 is 2.70 bits per heavy atom. The van der Waals surface area contributed by atoms with Crippen LogP contribution in [0.25, 0.3) is 11.0 Å². The topological polar surface area (TPSA) is 93.9 Å². The van der Waals surface area contributed by atoms with Gasteiger partial charge in [-0.1, -0.05) is 17.7 Å². The summed E-state index contributed by atoms with van der Waals surface area (Å²) in [5, 5.41) is 8.73. The van der Waals surface area contributed by atoms with Crippen LogP contribution in [0.3, 0.4) is 0 Å². The smallest absolute Gasteiger partial charge is 0.256 e. The van der Waals surface area contributed by atoms with Crippen molar-refractivity contribution < 1.29 is 13.2 Å². The molecule has 1 atom stereocenters. The molecule has 0 spiro atoms. The number of anilines is 1. The Bertz CT molecular complexity index is 1280. The third kappa shape index (κ3) is 3.58. The maximum atomic E-state index is 13.2. The highest BCUT2D eigenvalue weighted by Gasteiger charge is 2.34. The van der Waals surface area contributed by atoms with E-state index in [0.717, 1.165) is 18.5 Å². The highest BCUT2D eigenvalue weighted by Crippen LogP contribution is 2.41. The van der Waals surface area contributed by atoms with Gasteiger partial charge in [0, 0.05) is 22.3 Å². The Hall–Kier alpha value is -2.45. The third-order valence-corrected chi connectivity index (χ3v) is 7.72. The number of rotatable bonds is 4. The Kier molecular flexibility index (Phi) is 4.59. The van der Waals surface area contributed by atoms with E-state index in [0.29, 0.717) is 45.3 Å². The van der Waals surface area contributed by atoms with Crippen molar-refractivity contribution >= 4 is 44.1 Å². The number of benzene rings is 1. The van der Waals surface area contributed by atoms with Crippen LogP contribution in [0.1, 0.15) is 53.0 Å². The van der Waals surface area contributed by atoms with Gasteiger partial charge in [-0.15, -0.1) is 0 Å². The van der Waals surface area contributed by atoms with Gasteiger partial charge in [0.15, 0.2) is 15.5 Å². The molecule has 3 aromatic rings. The van der Waals surface area contributed by atoms with Crippen molar-refractivity contribution in [3.63, 3.8) is 0 Å². The first-order chi connectivity index (χ1) is 14.3. The fraction of sp³-hybridized carbons (Fsp3) is 0.381. The summed E-state index contributed by atoms with van der Waals surface area (Å²) in [5.41, 5.74) is 3.24. The number of nitrogens with one attached hydrogen (secondary N) is 1. The molecule has 1 aliphatic carbocycles. The van der Waals surface area contributed by atoms with Crippen molar-refractivity contribution in [3.8, 4) is 0 Å². The van der Waals surface area contributed by atoms with Gasteiger partial charge in [-0.3, -0.25) is 4.79 Å². The molecule has 1 aliphatic heterocycles. The van der Waals surface area contributed by atoms with Crippen LogP contribution in [-0.4, -0.2) is 40.6 Å². The van der Waals surface area contributed by atoms with E-state index < -0.39 is 9.84 Å². The molecule has 1 saturated heterocycles. The third-order valence-electron chi connectivity index (χ3n) is 5.73. The second kappa shape index (κ2) is 7.06. The van der Waals surface area contributed by atoms with E-state index in [-0.39, 0.29) is 23.5 Å². The number of carbonyl (C=O) groups is 1. The predicted molar refractivity (Wildman–Crippen MR) is 116 cm³/mol. The molecule has 1 saturated carbocycles. The van der Waals surface area contributed by atoms with E-state index in [9.17, 15) is 13.2 Å². The Labute approximate surface area is 179 Å². The van der Waals surface area contributed by atoms with E-state index >= 15 is 0 Å². The SMILES string of the molecule is Cc1nn([C@H]2CCS(=O)(=O)C2)c2nc(C3CC3)cc(C(=O)Nc3cccc(Cl)c3)c12. The lowest BCUT2D eigenvalue weighted by atomic mass is 10.1. The molecule has 2 fully saturated rings. The van der Waals surface area contributed by atoms with E-state index in [4.69, 9.17) is 16.6 Å². The Morgan fingerprint density at radius 1 is 1.23 bits per heavy atom. The number of carbonyl (C=O) groups excluding carboxylic acids is 1. The minimum absolute atomic E-state index is 0.0581. The molecule has 2 aromatic heterocycles. The number of halogens is 1. The summed E-state index contributed by atoms with van der Waals surface area (Å²) in [7, 11) is -3.07. The van der Waals surface area contributed by atoms with Crippen molar-refractivity contribution in [2.24, 2.45) is 0 Å². The minimum Gasteiger partial charge on any atom is -0.322 e. The van der Waals surface area contributed by atoms with Crippen molar-refractivity contribution in [1.82, 2.24) is 14.8 Å². The number of hydrogen-bond donors (Lipinski definition) is 1. The van der Waals surface area contributed by atoms with Crippen LogP contribution in [0.4, 0.5) is 5.69 Å². The van der Waals surface area contributed by atoms with Gasteiger partial charge in [0.25, 0.3) is 5.91 Å². The molecule has 1 amide bonds. The van der Waals surface area contributed by atoms with Crippen LogP contribution in [0.2, 0.25) is 5.02 Å². The first kappa shape index (κ1) is 19.5. The van der Waals surface area contributed by atoms with E-state index in [2.05, 4.69) is 10.4 Å². The maximum Gasteiger partial charge on any atom is 0.256 e. The second-order valence-electron chi connectivity index (χ2n) is 8.12. The summed E-state index contributed by atoms with van der Waals surface area (Å²) in [4.78, 5) is 18.0. The molecule has 156 valence electrons. The lowest BCUT2D eigenvalue weighted by Crippen LogP contribution is -2.15. The molecule has 0 unspecified atom stereocenters. The largest absolute Gasteiger partial charge is 0.322 e. The van der Waals surface area contributed by atoms with Crippen molar-refractivity contribution in [2.75, 3.05) is 16.8 Å². The van der Waals surface area contributed by atoms with E-state index in [1.807, 2.05) is 13.0 Å². The fourth-order valence-electron chi connectivity index (χ4n) is 4.09. The normalized spacial score (nSPS) is 20.5.